The number of nitrogens with two attached hydrogens (primary N) is 1. The van der Waals surface area contributed by atoms with Crippen LogP contribution in [0.15, 0.2) is 60.7 Å². The van der Waals surface area contributed by atoms with Crippen molar-refractivity contribution in [2.45, 2.75) is 0 Å². The zero-order valence-corrected chi connectivity index (χ0v) is 13.4. The molecule has 0 bridgehead atoms. The molecule has 4 N–H and O–H groups in total. The summed E-state index contributed by atoms with van der Waals surface area (Å²) >= 11 is 0. The van der Waals surface area contributed by atoms with Crippen LogP contribution in [0.4, 0.5) is 35.9 Å². The van der Waals surface area contributed by atoms with Crippen molar-refractivity contribution < 1.29 is 18.0 Å². The Kier molecular flexibility index (Phi) is 4.79. The van der Waals surface area contributed by atoms with E-state index in [1.165, 1.54) is 54.6 Å². The van der Waals surface area contributed by atoms with Crippen LogP contribution in [0.2, 0.25) is 0 Å². The zero-order valence-electron chi connectivity index (χ0n) is 13.4. The molecule has 0 radical (unpaired) electrons. The highest BCUT2D eigenvalue weighted by Gasteiger charge is 2.15. The molecular weight excluding hydrogens is 343 g/mol. The van der Waals surface area contributed by atoms with Gasteiger partial charge in [-0.2, -0.15) is 0 Å². The number of hydrogen-bond acceptors (Lipinski definition) is 3. The predicted molar refractivity (Wildman–Crippen MR) is 94.8 cm³/mol. The van der Waals surface area contributed by atoms with Crippen molar-refractivity contribution in [2.75, 3.05) is 16.4 Å². The monoisotopic (exact) mass is 357 g/mol. The summed E-state index contributed by atoms with van der Waals surface area (Å²) in [6, 6.07) is 12.8. The van der Waals surface area contributed by atoms with Gasteiger partial charge >= 0.3 is 0 Å². The fraction of sp³-hybridized carbons (Fsp3) is 0. The van der Waals surface area contributed by atoms with Crippen molar-refractivity contribution in [2.24, 2.45) is 0 Å². The van der Waals surface area contributed by atoms with Gasteiger partial charge in [-0.05, 0) is 60.7 Å². The molecule has 4 nitrogen and oxygen atoms in total. The third kappa shape index (κ3) is 3.94. The second-order valence-corrected chi connectivity index (χ2v) is 5.51. The molecule has 1 amide bonds. The Hall–Kier alpha value is -3.48. The number of carbonyl (C=O) groups is 1. The standard InChI is InChI=1S/C19H14F3N3O/c20-11-1-5-13(6-2-11)24-18-9-15(16(22)10-17(18)23)19(26)25-14-7-3-12(21)4-8-14/h1-10,24H,23H2,(H,25,26). The maximum atomic E-state index is 14.2. The van der Waals surface area contributed by atoms with E-state index in [2.05, 4.69) is 10.6 Å². The highest BCUT2D eigenvalue weighted by molar-refractivity contribution is 6.05. The Morgan fingerprint density at radius 1 is 0.808 bits per heavy atom. The summed E-state index contributed by atoms with van der Waals surface area (Å²) in [5.41, 5.74) is 6.77. The van der Waals surface area contributed by atoms with Gasteiger partial charge in [0, 0.05) is 11.4 Å². The molecule has 0 aliphatic carbocycles. The molecule has 3 aromatic carbocycles. The summed E-state index contributed by atoms with van der Waals surface area (Å²) in [4.78, 5) is 12.3. The van der Waals surface area contributed by atoms with E-state index in [1.54, 1.807) is 0 Å². The maximum absolute atomic E-state index is 14.2. The number of halogens is 3. The molecule has 0 spiro atoms. The van der Waals surface area contributed by atoms with Crippen LogP contribution in [0.1, 0.15) is 10.4 Å². The highest BCUT2D eigenvalue weighted by Crippen LogP contribution is 2.27. The SMILES string of the molecule is Nc1cc(F)c(C(=O)Nc2ccc(F)cc2)cc1Nc1ccc(F)cc1. The lowest BCUT2D eigenvalue weighted by molar-refractivity contribution is 0.102. The van der Waals surface area contributed by atoms with Gasteiger partial charge in [-0.15, -0.1) is 0 Å². The molecule has 132 valence electrons. The lowest BCUT2D eigenvalue weighted by Crippen LogP contribution is -2.14. The normalized spacial score (nSPS) is 10.4. The number of anilines is 4. The van der Waals surface area contributed by atoms with E-state index >= 15 is 0 Å². The molecule has 0 aliphatic rings. The van der Waals surface area contributed by atoms with Crippen LogP contribution in [0, 0.1) is 17.5 Å². The predicted octanol–water partition coefficient (Wildman–Crippen LogP) is 4.68. The fourth-order valence-corrected chi connectivity index (χ4v) is 2.29. The first-order chi connectivity index (χ1) is 12.4. The second-order valence-electron chi connectivity index (χ2n) is 5.51. The number of rotatable bonds is 4. The zero-order chi connectivity index (χ0) is 18.7. The molecule has 0 saturated heterocycles. The Bertz CT molecular complexity index is 941. The van der Waals surface area contributed by atoms with Crippen LogP contribution in [0.25, 0.3) is 0 Å². The van der Waals surface area contributed by atoms with Crippen LogP contribution >= 0.6 is 0 Å². The Morgan fingerprint density at radius 3 is 1.92 bits per heavy atom. The lowest BCUT2D eigenvalue weighted by Gasteiger charge is -2.13. The average molecular weight is 357 g/mol. The topological polar surface area (TPSA) is 67.2 Å². The molecule has 3 aromatic rings. The molecule has 3 rings (SSSR count). The molecule has 7 heteroatoms. The van der Waals surface area contributed by atoms with Crippen molar-refractivity contribution in [3.05, 3.63) is 83.7 Å². The van der Waals surface area contributed by atoms with Gasteiger partial charge in [0.1, 0.15) is 17.5 Å². The van der Waals surface area contributed by atoms with E-state index < -0.39 is 23.4 Å². The van der Waals surface area contributed by atoms with E-state index in [9.17, 15) is 18.0 Å². The number of hydrogen-bond donors (Lipinski definition) is 3. The number of nitrogen functional groups attached to an aromatic ring is 1. The van der Waals surface area contributed by atoms with Gasteiger partial charge in [-0.25, -0.2) is 13.2 Å². The van der Waals surface area contributed by atoms with Gasteiger partial charge in [0.05, 0.1) is 16.9 Å². The van der Waals surface area contributed by atoms with Crippen molar-refractivity contribution in [1.29, 1.82) is 0 Å². The summed E-state index contributed by atoms with van der Waals surface area (Å²) in [6.07, 6.45) is 0. The lowest BCUT2D eigenvalue weighted by atomic mass is 10.1. The van der Waals surface area contributed by atoms with Crippen LogP contribution < -0.4 is 16.4 Å². The summed E-state index contributed by atoms with van der Waals surface area (Å²) in [6.45, 7) is 0. The van der Waals surface area contributed by atoms with E-state index in [-0.39, 0.29) is 11.3 Å². The Labute approximate surface area is 147 Å². The number of carbonyl (C=O) groups excluding carboxylic acids is 1. The molecule has 0 fully saturated rings. The first-order valence-corrected chi connectivity index (χ1v) is 7.61. The van der Waals surface area contributed by atoms with Crippen molar-refractivity contribution >= 4 is 28.7 Å². The van der Waals surface area contributed by atoms with Gasteiger partial charge < -0.3 is 16.4 Å². The molecule has 0 aliphatic heterocycles. The van der Waals surface area contributed by atoms with Gasteiger partial charge in [0.25, 0.3) is 5.91 Å². The largest absolute Gasteiger partial charge is 0.397 e. The highest BCUT2D eigenvalue weighted by atomic mass is 19.1. The minimum absolute atomic E-state index is 0.0881. The molecule has 0 unspecified atom stereocenters. The van der Waals surface area contributed by atoms with Crippen molar-refractivity contribution in [3.63, 3.8) is 0 Å². The van der Waals surface area contributed by atoms with E-state index in [4.69, 9.17) is 5.73 Å². The van der Waals surface area contributed by atoms with Crippen LogP contribution in [0.3, 0.4) is 0 Å². The minimum Gasteiger partial charge on any atom is -0.397 e. The van der Waals surface area contributed by atoms with Crippen molar-refractivity contribution in [3.8, 4) is 0 Å². The molecular formula is C19H14F3N3O. The molecule has 26 heavy (non-hydrogen) atoms. The van der Waals surface area contributed by atoms with E-state index in [0.717, 1.165) is 6.07 Å². The molecule has 0 atom stereocenters. The number of benzene rings is 3. The molecule has 0 heterocycles. The second kappa shape index (κ2) is 7.18. The average Bonchev–Trinajstić information content (AvgIpc) is 2.61. The molecule has 0 saturated carbocycles. The minimum atomic E-state index is -0.799. The maximum Gasteiger partial charge on any atom is 0.258 e. The number of nitrogens with one attached hydrogen (secondary N) is 2. The summed E-state index contributed by atoms with van der Waals surface area (Å²) < 4.78 is 40.1. The smallest absolute Gasteiger partial charge is 0.258 e. The van der Waals surface area contributed by atoms with Gasteiger partial charge in [0.15, 0.2) is 0 Å². The third-order valence-electron chi connectivity index (χ3n) is 3.61. The van der Waals surface area contributed by atoms with E-state index in [0.29, 0.717) is 17.1 Å². The Balaban J connectivity index is 1.85. The summed E-state index contributed by atoms with van der Waals surface area (Å²) in [5, 5.41) is 5.39. The molecule has 0 aromatic heterocycles. The van der Waals surface area contributed by atoms with Crippen LogP contribution in [-0.4, -0.2) is 5.91 Å². The van der Waals surface area contributed by atoms with Gasteiger partial charge in [-0.1, -0.05) is 0 Å². The first-order valence-electron chi connectivity index (χ1n) is 7.61. The Morgan fingerprint density at radius 2 is 1.35 bits per heavy atom. The van der Waals surface area contributed by atoms with Crippen LogP contribution in [0.5, 0.6) is 0 Å². The van der Waals surface area contributed by atoms with Gasteiger partial charge in [0.2, 0.25) is 0 Å². The third-order valence-corrected chi connectivity index (χ3v) is 3.61. The number of amides is 1. The summed E-state index contributed by atoms with van der Waals surface area (Å²) in [7, 11) is 0. The van der Waals surface area contributed by atoms with Crippen LogP contribution in [-0.2, 0) is 0 Å². The summed E-state index contributed by atoms with van der Waals surface area (Å²) in [5.74, 6) is -2.36. The van der Waals surface area contributed by atoms with Gasteiger partial charge in [-0.3, -0.25) is 4.79 Å². The van der Waals surface area contributed by atoms with E-state index in [1.807, 2.05) is 0 Å². The fourth-order valence-electron chi connectivity index (χ4n) is 2.29. The first kappa shape index (κ1) is 17.3. The van der Waals surface area contributed by atoms with Crippen molar-refractivity contribution in [1.82, 2.24) is 0 Å². The quantitative estimate of drug-likeness (QED) is 0.594.